The van der Waals surface area contributed by atoms with E-state index in [0.717, 1.165) is 5.69 Å². The number of amides is 1. The highest BCUT2D eigenvalue weighted by Gasteiger charge is 2.36. The number of hydrogen-bond acceptors (Lipinski definition) is 4. The van der Waals surface area contributed by atoms with Crippen LogP contribution in [0.4, 0.5) is 0 Å². The van der Waals surface area contributed by atoms with E-state index in [2.05, 4.69) is 5.10 Å². The minimum Gasteiger partial charge on any atom is -0.480 e. The van der Waals surface area contributed by atoms with Crippen molar-refractivity contribution in [3.8, 4) is 0 Å². The van der Waals surface area contributed by atoms with Gasteiger partial charge < -0.3 is 10.0 Å². The van der Waals surface area contributed by atoms with Gasteiger partial charge in [-0.3, -0.25) is 9.48 Å². The highest BCUT2D eigenvalue weighted by atomic mass is 32.2. The number of nitrogens with zero attached hydrogens (tertiary/aromatic N) is 3. The molecule has 1 saturated heterocycles. The predicted octanol–water partition coefficient (Wildman–Crippen LogP) is 0.811. The summed E-state index contributed by atoms with van der Waals surface area (Å²) >= 11 is 1.46. The zero-order chi connectivity index (χ0) is 13.3. The lowest BCUT2D eigenvalue weighted by molar-refractivity contribution is -0.140. The van der Waals surface area contributed by atoms with Gasteiger partial charge in [0, 0.05) is 12.3 Å². The van der Waals surface area contributed by atoms with Gasteiger partial charge in [0.05, 0.1) is 11.6 Å². The second-order valence-electron chi connectivity index (χ2n) is 4.12. The zero-order valence-electron chi connectivity index (χ0n) is 10.3. The molecule has 1 aromatic heterocycles. The van der Waals surface area contributed by atoms with Crippen LogP contribution in [0, 0.1) is 6.92 Å². The van der Waals surface area contributed by atoms with Crippen LogP contribution in [0.3, 0.4) is 0 Å². The number of aromatic nitrogens is 2. The van der Waals surface area contributed by atoms with Crippen LogP contribution >= 0.6 is 11.8 Å². The summed E-state index contributed by atoms with van der Waals surface area (Å²) in [4.78, 5) is 24.8. The Balaban J connectivity index is 2.27. The van der Waals surface area contributed by atoms with Gasteiger partial charge in [-0.05, 0) is 19.9 Å². The van der Waals surface area contributed by atoms with Crippen molar-refractivity contribution in [1.29, 1.82) is 0 Å². The molecule has 0 aliphatic carbocycles. The normalized spacial score (nSPS) is 19.2. The molecule has 0 spiro atoms. The molecule has 1 fully saturated rings. The zero-order valence-corrected chi connectivity index (χ0v) is 11.1. The monoisotopic (exact) mass is 269 g/mol. The molecule has 2 rings (SSSR count). The molecule has 2 heterocycles. The smallest absolute Gasteiger partial charge is 0.327 e. The van der Waals surface area contributed by atoms with Crippen molar-refractivity contribution in [2.45, 2.75) is 26.4 Å². The molecule has 0 bridgehead atoms. The molecule has 0 unspecified atom stereocenters. The summed E-state index contributed by atoms with van der Waals surface area (Å²) in [6.07, 6.45) is 0. The van der Waals surface area contributed by atoms with Gasteiger partial charge in [-0.15, -0.1) is 11.8 Å². The van der Waals surface area contributed by atoms with Crippen molar-refractivity contribution >= 4 is 23.6 Å². The first-order valence-corrected chi connectivity index (χ1v) is 6.86. The Kier molecular flexibility index (Phi) is 3.60. The first kappa shape index (κ1) is 12.9. The molecule has 1 aliphatic heterocycles. The van der Waals surface area contributed by atoms with Crippen molar-refractivity contribution < 1.29 is 14.7 Å². The van der Waals surface area contributed by atoms with E-state index in [9.17, 15) is 9.59 Å². The summed E-state index contributed by atoms with van der Waals surface area (Å²) in [6.45, 7) is 4.31. The second kappa shape index (κ2) is 5.01. The maximum absolute atomic E-state index is 12.3. The quantitative estimate of drug-likeness (QED) is 0.879. The fourth-order valence-electron chi connectivity index (χ4n) is 1.95. The molecule has 18 heavy (non-hydrogen) atoms. The summed E-state index contributed by atoms with van der Waals surface area (Å²) < 4.78 is 1.61. The first-order chi connectivity index (χ1) is 8.54. The Morgan fingerprint density at radius 3 is 2.94 bits per heavy atom. The van der Waals surface area contributed by atoms with E-state index >= 15 is 0 Å². The highest BCUT2D eigenvalue weighted by molar-refractivity contribution is 7.99. The number of aryl methyl sites for hydroxylation is 2. The number of carbonyl (C=O) groups is 2. The third-order valence-electron chi connectivity index (χ3n) is 2.85. The van der Waals surface area contributed by atoms with Crippen molar-refractivity contribution in [1.82, 2.24) is 14.7 Å². The van der Waals surface area contributed by atoms with Crippen LogP contribution in [0.25, 0.3) is 0 Å². The Morgan fingerprint density at radius 2 is 2.33 bits per heavy atom. The van der Waals surface area contributed by atoms with E-state index in [-0.39, 0.29) is 5.91 Å². The summed E-state index contributed by atoms with van der Waals surface area (Å²) in [5.74, 6) is -0.341. The lowest BCUT2D eigenvalue weighted by Crippen LogP contribution is -2.42. The molecular formula is C11H15N3O3S. The lowest BCUT2D eigenvalue weighted by atomic mass is 10.2. The number of aliphatic carboxylic acids is 1. The molecule has 0 saturated carbocycles. The molecule has 1 aromatic rings. The molecule has 1 amide bonds. The van der Waals surface area contributed by atoms with Gasteiger partial charge >= 0.3 is 5.97 Å². The maximum atomic E-state index is 12.3. The van der Waals surface area contributed by atoms with Gasteiger partial charge in [0.25, 0.3) is 5.91 Å². The van der Waals surface area contributed by atoms with E-state index in [1.165, 1.54) is 16.7 Å². The van der Waals surface area contributed by atoms with E-state index in [4.69, 9.17) is 5.11 Å². The van der Waals surface area contributed by atoms with Crippen LogP contribution in [0.5, 0.6) is 0 Å². The Morgan fingerprint density at radius 1 is 1.61 bits per heavy atom. The Hall–Kier alpha value is -1.50. The molecule has 0 aromatic carbocycles. The fraction of sp³-hybridized carbons (Fsp3) is 0.545. The molecule has 7 heteroatoms. The van der Waals surface area contributed by atoms with Crippen molar-refractivity contribution in [2.75, 3.05) is 11.6 Å². The second-order valence-corrected chi connectivity index (χ2v) is 5.12. The van der Waals surface area contributed by atoms with Crippen LogP contribution < -0.4 is 0 Å². The lowest BCUT2D eigenvalue weighted by Gasteiger charge is -2.20. The van der Waals surface area contributed by atoms with Gasteiger partial charge in [0.2, 0.25) is 0 Å². The van der Waals surface area contributed by atoms with Gasteiger partial charge in [-0.25, -0.2) is 4.79 Å². The highest BCUT2D eigenvalue weighted by Crippen LogP contribution is 2.23. The van der Waals surface area contributed by atoms with E-state index in [1.807, 2.05) is 13.8 Å². The number of thioether (sulfide) groups is 1. The van der Waals surface area contributed by atoms with Crippen LogP contribution in [0.1, 0.15) is 23.1 Å². The van der Waals surface area contributed by atoms with Crippen LogP contribution in [-0.2, 0) is 11.3 Å². The van der Waals surface area contributed by atoms with Gasteiger partial charge in [-0.1, -0.05) is 0 Å². The van der Waals surface area contributed by atoms with Crippen LogP contribution in [-0.4, -0.2) is 49.3 Å². The van der Waals surface area contributed by atoms with Gasteiger partial charge in [-0.2, -0.15) is 5.10 Å². The summed E-state index contributed by atoms with van der Waals surface area (Å²) in [5, 5.41) is 13.3. The fourth-order valence-corrected chi connectivity index (χ4v) is 3.10. The van der Waals surface area contributed by atoms with E-state index in [0.29, 0.717) is 23.9 Å². The molecule has 98 valence electrons. The average Bonchev–Trinajstić information content (AvgIpc) is 2.93. The van der Waals surface area contributed by atoms with Gasteiger partial charge in [0.1, 0.15) is 11.7 Å². The molecule has 6 nitrogen and oxygen atoms in total. The largest absolute Gasteiger partial charge is 0.480 e. The predicted molar refractivity (Wildman–Crippen MR) is 67.6 cm³/mol. The molecule has 0 radical (unpaired) electrons. The molecule has 1 atom stereocenters. The standard InChI is InChI=1S/C11H15N3O3S/c1-3-14-8(4-7(2)12-14)10(15)13-6-18-5-9(13)11(16)17/h4,9H,3,5-6H2,1-2H3,(H,16,17)/t9-/m0/s1. The number of carbonyl (C=O) groups excluding carboxylic acids is 1. The Bertz CT molecular complexity index is 486. The maximum Gasteiger partial charge on any atom is 0.327 e. The van der Waals surface area contributed by atoms with Crippen LogP contribution in [0.15, 0.2) is 6.07 Å². The van der Waals surface area contributed by atoms with Crippen molar-refractivity contribution in [2.24, 2.45) is 0 Å². The SMILES string of the molecule is CCn1nc(C)cc1C(=O)N1CSC[C@H]1C(=O)O. The Labute approximate surface area is 109 Å². The van der Waals surface area contributed by atoms with Crippen molar-refractivity contribution in [3.63, 3.8) is 0 Å². The minimum absolute atomic E-state index is 0.255. The average molecular weight is 269 g/mol. The molecule has 1 aliphatic rings. The first-order valence-electron chi connectivity index (χ1n) is 5.70. The van der Waals surface area contributed by atoms with Crippen molar-refractivity contribution in [3.05, 3.63) is 17.5 Å². The van der Waals surface area contributed by atoms with Gasteiger partial charge in [0.15, 0.2) is 0 Å². The number of carboxylic acid groups (broad SMARTS) is 1. The molecular weight excluding hydrogens is 254 g/mol. The summed E-state index contributed by atoms with van der Waals surface area (Å²) in [5.41, 5.74) is 1.22. The number of hydrogen-bond donors (Lipinski definition) is 1. The summed E-state index contributed by atoms with van der Waals surface area (Å²) in [6, 6.07) is 0.969. The van der Waals surface area contributed by atoms with E-state index < -0.39 is 12.0 Å². The topological polar surface area (TPSA) is 75.4 Å². The van der Waals surface area contributed by atoms with E-state index in [1.54, 1.807) is 10.7 Å². The summed E-state index contributed by atoms with van der Waals surface area (Å²) in [7, 11) is 0. The van der Waals surface area contributed by atoms with Crippen LogP contribution in [0.2, 0.25) is 0 Å². The number of rotatable bonds is 3. The minimum atomic E-state index is -0.951. The third kappa shape index (κ3) is 2.22. The molecule has 1 N–H and O–H groups in total. The third-order valence-corrected chi connectivity index (χ3v) is 3.86. The number of carboxylic acids is 1.